The van der Waals surface area contributed by atoms with Crippen molar-refractivity contribution in [1.29, 1.82) is 5.26 Å². The second kappa shape index (κ2) is 6.57. The summed E-state index contributed by atoms with van der Waals surface area (Å²) in [6.45, 7) is 0.737. The monoisotopic (exact) mass is 258 g/mol. The molecule has 0 amide bonds. The Labute approximate surface area is 111 Å². The van der Waals surface area contributed by atoms with Crippen molar-refractivity contribution in [2.45, 2.75) is 19.6 Å². The molecule has 0 unspecified atom stereocenters. The van der Waals surface area contributed by atoms with Gasteiger partial charge in [-0.3, -0.25) is 0 Å². The molecule has 0 fully saturated rings. The van der Waals surface area contributed by atoms with Crippen molar-refractivity contribution < 1.29 is 14.0 Å². The minimum atomic E-state index is 0.338. The summed E-state index contributed by atoms with van der Waals surface area (Å²) in [7, 11) is 1.60. The maximum Gasteiger partial charge on any atom is 0.162 e. The van der Waals surface area contributed by atoms with Crippen LogP contribution in [-0.4, -0.2) is 12.3 Å². The van der Waals surface area contributed by atoms with Crippen LogP contribution in [0, 0.1) is 11.3 Å². The summed E-state index contributed by atoms with van der Waals surface area (Å²) in [6, 6.07) is 11.3. The van der Waals surface area contributed by atoms with Gasteiger partial charge in [0.2, 0.25) is 0 Å². The lowest BCUT2D eigenvalue weighted by atomic mass is 10.2. The van der Waals surface area contributed by atoms with Crippen molar-refractivity contribution in [3.63, 3.8) is 0 Å². The summed E-state index contributed by atoms with van der Waals surface area (Å²) in [5.41, 5.74) is 1.69. The van der Waals surface area contributed by atoms with Crippen LogP contribution in [0.25, 0.3) is 0 Å². The maximum absolute atomic E-state index is 8.58. The third-order valence-corrected chi connectivity index (χ3v) is 2.49. The Bertz CT molecular complexity index is 555. The lowest BCUT2D eigenvalue weighted by Gasteiger charge is -2.03. The van der Waals surface area contributed by atoms with Gasteiger partial charge in [-0.25, -0.2) is 0 Å². The summed E-state index contributed by atoms with van der Waals surface area (Å²) in [6.07, 6.45) is 0.407. The highest BCUT2D eigenvalue weighted by Gasteiger charge is 2.04. The molecule has 0 saturated carbocycles. The maximum atomic E-state index is 8.58. The Morgan fingerprint density at radius 3 is 2.74 bits per heavy atom. The first-order valence-corrected chi connectivity index (χ1v) is 5.84. The van der Waals surface area contributed by atoms with Crippen LogP contribution in [0.3, 0.4) is 0 Å². The van der Waals surface area contributed by atoms with Gasteiger partial charge < -0.3 is 14.0 Å². The third kappa shape index (κ3) is 3.83. The standard InChI is InChI=1S/C14H14N2O3/c1-17-10-14-8-12(16-19-14)9-18-13-4-2-11(3-5-13)6-7-15/h2-5,8H,6,9-10H2,1H3. The van der Waals surface area contributed by atoms with Gasteiger partial charge in [-0.15, -0.1) is 0 Å². The minimum Gasteiger partial charge on any atom is -0.487 e. The van der Waals surface area contributed by atoms with Crippen molar-refractivity contribution >= 4 is 0 Å². The smallest absolute Gasteiger partial charge is 0.162 e. The molecule has 0 aliphatic heterocycles. The number of hydrogen-bond acceptors (Lipinski definition) is 5. The molecule has 19 heavy (non-hydrogen) atoms. The normalized spacial score (nSPS) is 10.1. The van der Waals surface area contributed by atoms with E-state index in [0.717, 1.165) is 11.3 Å². The van der Waals surface area contributed by atoms with Crippen LogP contribution in [0.5, 0.6) is 5.75 Å². The molecule has 0 N–H and O–H groups in total. The quantitative estimate of drug-likeness (QED) is 0.796. The minimum absolute atomic E-state index is 0.338. The van der Waals surface area contributed by atoms with E-state index in [1.54, 1.807) is 13.2 Å². The van der Waals surface area contributed by atoms with E-state index < -0.39 is 0 Å². The molecule has 5 nitrogen and oxygen atoms in total. The average molecular weight is 258 g/mol. The molecule has 2 aromatic rings. The first-order chi connectivity index (χ1) is 9.31. The van der Waals surface area contributed by atoms with E-state index >= 15 is 0 Å². The molecule has 1 aromatic heterocycles. The van der Waals surface area contributed by atoms with Gasteiger partial charge in [-0.1, -0.05) is 17.3 Å². The zero-order valence-corrected chi connectivity index (χ0v) is 10.6. The van der Waals surface area contributed by atoms with E-state index in [1.807, 2.05) is 24.3 Å². The SMILES string of the molecule is COCc1cc(COc2ccc(CC#N)cc2)no1. The molecule has 0 atom stereocenters. The van der Waals surface area contributed by atoms with E-state index in [4.69, 9.17) is 19.3 Å². The van der Waals surface area contributed by atoms with E-state index in [0.29, 0.717) is 31.1 Å². The van der Waals surface area contributed by atoms with E-state index in [-0.39, 0.29) is 0 Å². The highest BCUT2D eigenvalue weighted by Crippen LogP contribution is 2.14. The van der Waals surface area contributed by atoms with Crippen molar-refractivity contribution in [3.8, 4) is 11.8 Å². The number of rotatable bonds is 6. The highest BCUT2D eigenvalue weighted by molar-refractivity contribution is 5.28. The molecule has 1 aromatic carbocycles. The second-order valence-corrected chi connectivity index (χ2v) is 3.99. The van der Waals surface area contributed by atoms with E-state index in [9.17, 15) is 0 Å². The molecular formula is C14H14N2O3. The Balaban J connectivity index is 1.89. The molecule has 98 valence electrons. The van der Waals surface area contributed by atoms with Crippen LogP contribution in [0.4, 0.5) is 0 Å². The van der Waals surface area contributed by atoms with Crippen molar-refractivity contribution in [3.05, 3.63) is 47.3 Å². The predicted octanol–water partition coefficient (Wildman–Crippen LogP) is 2.47. The summed E-state index contributed by atoms with van der Waals surface area (Å²) in [5.74, 6) is 1.41. The first kappa shape index (κ1) is 13.1. The van der Waals surface area contributed by atoms with Crippen LogP contribution in [0.1, 0.15) is 17.0 Å². The summed E-state index contributed by atoms with van der Waals surface area (Å²) < 4.78 is 15.6. The van der Waals surface area contributed by atoms with Crippen LogP contribution in [-0.2, 0) is 24.4 Å². The lowest BCUT2D eigenvalue weighted by Crippen LogP contribution is -1.95. The molecule has 0 bridgehead atoms. The van der Waals surface area contributed by atoms with E-state index in [1.165, 1.54) is 0 Å². The number of nitrogens with zero attached hydrogens (tertiary/aromatic N) is 2. The van der Waals surface area contributed by atoms with Crippen LogP contribution in [0.2, 0.25) is 0 Å². The largest absolute Gasteiger partial charge is 0.487 e. The van der Waals surface area contributed by atoms with Gasteiger partial charge in [0.25, 0.3) is 0 Å². The lowest BCUT2D eigenvalue weighted by molar-refractivity contribution is 0.155. The molecule has 1 heterocycles. The molecule has 5 heteroatoms. The predicted molar refractivity (Wildman–Crippen MR) is 67.3 cm³/mol. The number of benzene rings is 1. The number of methoxy groups -OCH3 is 1. The fourth-order valence-corrected chi connectivity index (χ4v) is 1.59. The van der Waals surface area contributed by atoms with E-state index in [2.05, 4.69) is 11.2 Å². The first-order valence-electron chi connectivity index (χ1n) is 5.84. The number of aromatic nitrogens is 1. The van der Waals surface area contributed by atoms with Gasteiger partial charge in [0.05, 0.1) is 12.5 Å². The molecule has 2 rings (SSSR count). The Hall–Kier alpha value is -2.32. The summed E-state index contributed by atoms with van der Waals surface area (Å²) >= 11 is 0. The van der Waals surface area contributed by atoms with Crippen LogP contribution < -0.4 is 4.74 Å². The fraction of sp³-hybridized carbons (Fsp3) is 0.286. The van der Waals surface area contributed by atoms with Gasteiger partial charge in [0, 0.05) is 13.2 Å². The number of ether oxygens (including phenoxy) is 2. The molecule has 0 aliphatic rings. The Morgan fingerprint density at radius 1 is 1.26 bits per heavy atom. The molecule has 0 aliphatic carbocycles. The Morgan fingerprint density at radius 2 is 2.05 bits per heavy atom. The van der Waals surface area contributed by atoms with Gasteiger partial charge in [0.15, 0.2) is 5.76 Å². The van der Waals surface area contributed by atoms with Crippen molar-refractivity contribution in [2.24, 2.45) is 0 Å². The Kier molecular flexibility index (Phi) is 4.54. The van der Waals surface area contributed by atoms with Gasteiger partial charge in [-0.2, -0.15) is 5.26 Å². The number of nitriles is 1. The van der Waals surface area contributed by atoms with Crippen LogP contribution >= 0.6 is 0 Å². The zero-order valence-electron chi connectivity index (χ0n) is 10.6. The van der Waals surface area contributed by atoms with Crippen molar-refractivity contribution in [1.82, 2.24) is 5.16 Å². The second-order valence-electron chi connectivity index (χ2n) is 3.99. The summed E-state index contributed by atoms with van der Waals surface area (Å²) in [5, 5.41) is 12.5. The summed E-state index contributed by atoms with van der Waals surface area (Å²) in [4.78, 5) is 0. The molecule has 0 spiro atoms. The number of hydrogen-bond donors (Lipinski definition) is 0. The van der Waals surface area contributed by atoms with Gasteiger partial charge >= 0.3 is 0 Å². The molecular weight excluding hydrogens is 244 g/mol. The molecule has 0 saturated heterocycles. The van der Waals surface area contributed by atoms with Crippen LogP contribution in [0.15, 0.2) is 34.9 Å². The third-order valence-electron chi connectivity index (χ3n) is 2.49. The zero-order chi connectivity index (χ0) is 13.5. The van der Waals surface area contributed by atoms with Gasteiger partial charge in [-0.05, 0) is 17.7 Å². The fourth-order valence-electron chi connectivity index (χ4n) is 1.59. The highest BCUT2D eigenvalue weighted by atomic mass is 16.5. The van der Waals surface area contributed by atoms with Crippen molar-refractivity contribution in [2.75, 3.05) is 7.11 Å². The average Bonchev–Trinajstić information content (AvgIpc) is 2.87. The van der Waals surface area contributed by atoms with Gasteiger partial charge in [0.1, 0.15) is 24.7 Å². The topological polar surface area (TPSA) is 68.3 Å². The molecule has 0 radical (unpaired) electrons.